The molecule has 0 saturated carbocycles. The second-order valence-corrected chi connectivity index (χ2v) is 7.72. The Labute approximate surface area is 120 Å². The van der Waals surface area contributed by atoms with Crippen LogP contribution in [-0.2, 0) is 12.8 Å². The predicted octanol–water partition coefficient (Wildman–Crippen LogP) is 3.18. The lowest BCUT2D eigenvalue weighted by molar-refractivity contribution is 0.0636. The first-order chi connectivity index (χ1) is 8.56. The molecule has 2 nitrogen and oxygen atoms in total. The molecule has 4 heteroatoms. The van der Waals surface area contributed by atoms with Crippen LogP contribution < -0.4 is 4.74 Å². The minimum Gasteiger partial charge on any atom is -0.493 e. The van der Waals surface area contributed by atoms with E-state index < -0.39 is 5.60 Å². The maximum atomic E-state index is 10.6. The number of aliphatic hydroxyl groups is 1. The molecule has 0 bridgehead atoms. The fraction of sp³-hybridized carbons (Fsp3) is 0.571. The molecule has 2 atom stereocenters. The maximum absolute atomic E-state index is 10.6. The van der Waals surface area contributed by atoms with E-state index in [0.717, 1.165) is 41.0 Å². The van der Waals surface area contributed by atoms with E-state index in [9.17, 15) is 5.11 Å². The number of ether oxygens (including phenoxy) is 1. The van der Waals surface area contributed by atoms with Crippen LogP contribution in [0.5, 0.6) is 5.75 Å². The Balaban J connectivity index is 1.89. The summed E-state index contributed by atoms with van der Waals surface area (Å²) in [5, 5.41) is 11.2. The SMILES string of the molecule is CC1CC(O)(Cc2cc(Br)cc3c2OCC3)CS1. The fourth-order valence-corrected chi connectivity index (χ4v) is 4.70. The third kappa shape index (κ3) is 2.43. The molecular formula is C14H17BrO2S. The first kappa shape index (κ1) is 12.8. The molecule has 0 aromatic heterocycles. The summed E-state index contributed by atoms with van der Waals surface area (Å²) in [6.07, 6.45) is 2.55. The fourth-order valence-electron chi connectivity index (χ4n) is 2.91. The Morgan fingerprint density at radius 1 is 1.56 bits per heavy atom. The molecule has 2 unspecified atom stereocenters. The van der Waals surface area contributed by atoms with Crippen molar-refractivity contribution in [2.24, 2.45) is 0 Å². The Morgan fingerprint density at radius 2 is 2.39 bits per heavy atom. The van der Waals surface area contributed by atoms with E-state index >= 15 is 0 Å². The number of thioether (sulfide) groups is 1. The second-order valence-electron chi connectivity index (χ2n) is 5.38. The van der Waals surface area contributed by atoms with Crippen LogP contribution >= 0.6 is 27.7 Å². The number of benzene rings is 1. The zero-order valence-corrected chi connectivity index (χ0v) is 12.8. The van der Waals surface area contributed by atoms with E-state index in [2.05, 4.69) is 35.0 Å². The van der Waals surface area contributed by atoms with Gasteiger partial charge in [0, 0.05) is 28.3 Å². The zero-order chi connectivity index (χ0) is 12.8. The highest BCUT2D eigenvalue weighted by molar-refractivity contribution is 9.10. The largest absolute Gasteiger partial charge is 0.493 e. The number of hydrogen-bond donors (Lipinski definition) is 1. The molecule has 0 radical (unpaired) electrons. The molecule has 1 aromatic rings. The van der Waals surface area contributed by atoms with Crippen LogP contribution in [0.4, 0.5) is 0 Å². The molecule has 18 heavy (non-hydrogen) atoms. The minimum atomic E-state index is -0.565. The van der Waals surface area contributed by atoms with Crippen LogP contribution in [0.15, 0.2) is 16.6 Å². The van der Waals surface area contributed by atoms with Crippen LogP contribution in [0, 0.1) is 0 Å². The molecule has 1 fully saturated rings. The molecule has 2 aliphatic heterocycles. The number of halogens is 1. The Kier molecular flexibility index (Phi) is 3.37. The van der Waals surface area contributed by atoms with Gasteiger partial charge in [0.15, 0.2) is 0 Å². The van der Waals surface area contributed by atoms with Crippen LogP contribution in [0.1, 0.15) is 24.5 Å². The van der Waals surface area contributed by atoms with Gasteiger partial charge in [0.25, 0.3) is 0 Å². The van der Waals surface area contributed by atoms with Gasteiger partial charge in [0.1, 0.15) is 5.75 Å². The van der Waals surface area contributed by atoms with Crippen molar-refractivity contribution in [1.82, 2.24) is 0 Å². The predicted molar refractivity (Wildman–Crippen MR) is 78.5 cm³/mol. The number of hydrogen-bond acceptors (Lipinski definition) is 3. The van der Waals surface area contributed by atoms with E-state index in [4.69, 9.17) is 4.74 Å². The van der Waals surface area contributed by atoms with Crippen LogP contribution in [-0.4, -0.2) is 28.3 Å². The van der Waals surface area contributed by atoms with Crippen LogP contribution in [0.3, 0.4) is 0 Å². The van der Waals surface area contributed by atoms with Crippen molar-refractivity contribution in [3.05, 3.63) is 27.7 Å². The van der Waals surface area contributed by atoms with Gasteiger partial charge in [-0.2, -0.15) is 11.8 Å². The highest BCUT2D eigenvalue weighted by atomic mass is 79.9. The highest BCUT2D eigenvalue weighted by Crippen LogP contribution is 2.40. The average Bonchev–Trinajstić information content (AvgIpc) is 2.85. The molecule has 0 spiro atoms. The van der Waals surface area contributed by atoms with Gasteiger partial charge in [-0.1, -0.05) is 22.9 Å². The van der Waals surface area contributed by atoms with Gasteiger partial charge in [0.05, 0.1) is 12.2 Å². The van der Waals surface area contributed by atoms with E-state index in [-0.39, 0.29) is 0 Å². The Bertz CT molecular complexity index is 477. The highest BCUT2D eigenvalue weighted by Gasteiger charge is 2.37. The molecule has 1 saturated heterocycles. The Morgan fingerprint density at radius 3 is 3.11 bits per heavy atom. The van der Waals surface area contributed by atoms with Gasteiger partial charge in [-0.05, 0) is 29.7 Å². The average molecular weight is 329 g/mol. The summed E-state index contributed by atoms with van der Waals surface area (Å²) in [6, 6.07) is 4.22. The normalized spacial score (nSPS) is 30.3. The molecule has 2 heterocycles. The van der Waals surface area contributed by atoms with E-state index in [1.165, 1.54) is 5.56 Å². The topological polar surface area (TPSA) is 29.5 Å². The Hall–Kier alpha value is -0.190. The first-order valence-corrected chi connectivity index (χ1v) is 8.18. The number of fused-ring (bicyclic) bond motifs is 1. The molecule has 1 aromatic carbocycles. The van der Waals surface area contributed by atoms with Crippen molar-refractivity contribution in [3.8, 4) is 5.75 Å². The summed E-state index contributed by atoms with van der Waals surface area (Å²) in [5.41, 5.74) is 1.85. The van der Waals surface area contributed by atoms with Gasteiger partial charge < -0.3 is 9.84 Å². The van der Waals surface area contributed by atoms with Crippen LogP contribution in [0.2, 0.25) is 0 Å². The standard InChI is InChI=1S/C14H17BrO2S/c1-9-6-14(16,8-18-9)7-11-5-12(15)4-10-2-3-17-13(10)11/h4-5,9,16H,2-3,6-8H2,1H3. The third-order valence-electron chi connectivity index (χ3n) is 3.65. The molecule has 2 aliphatic rings. The summed E-state index contributed by atoms with van der Waals surface area (Å²) in [4.78, 5) is 0. The van der Waals surface area contributed by atoms with Gasteiger partial charge in [-0.25, -0.2) is 0 Å². The van der Waals surface area contributed by atoms with Gasteiger partial charge >= 0.3 is 0 Å². The summed E-state index contributed by atoms with van der Waals surface area (Å²) < 4.78 is 6.82. The zero-order valence-electron chi connectivity index (χ0n) is 10.4. The third-order valence-corrected chi connectivity index (χ3v) is 5.55. The van der Waals surface area contributed by atoms with Crippen molar-refractivity contribution in [2.45, 2.75) is 37.0 Å². The van der Waals surface area contributed by atoms with Crippen molar-refractivity contribution in [2.75, 3.05) is 12.4 Å². The molecular weight excluding hydrogens is 312 g/mol. The first-order valence-electron chi connectivity index (χ1n) is 6.34. The lowest BCUT2D eigenvalue weighted by Gasteiger charge is -2.23. The summed E-state index contributed by atoms with van der Waals surface area (Å²) >= 11 is 5.41. The number of rotatable bonds is 2. The van der Waals surface area contributed by atoms with E-state index in [1.807, 2.05) is 11.8 Å². The van der Waals surface area contributed by atoms with Crippen molar-refractivity contribution < 1.29 is 9.84 Å². The molecule has 98 valence electrons. The van der Waals surface area contributed by atoms with E-state index in [1.54, 1.807) is 0 Å². The van der Waals surface area contributed by atoms with E-state index in [0.29, 0.717) is 11.7 Å². The minimum absolute atomic E-state index is 0.552. The molecule has 3 rings (SSSR count). The molecule has 0 amide bonds. The monoisotopic (exact) mass is 328 g/mol. The van der Waals surface area contributed by atoms with Crippen molar-refractivity contribution >= 4 is 27.7 Å². The van der Waals surface area contributed by atoms with Crippen LogP contribution in [0.25, 0.3) is 0 Å². The summed E-state index contributed by atoms with van der Waals surface area (Å²) in [6.45, 7) is 2.95. The quantitative estimate of drug-likeness (QED) is 0.904. The van der Waals surface area contributed by atoms with Crippen molar-refractivity contribution in [3.63, 3.8) is 0 Å². The maximum Gasteiger partial charge on any atom is 0.125 e. The van der Waals surface area contributed by atoms with Gasteiger partial charge in [-0.3, -0.25) is 0 Å². The summed E-state index contributed by atoms with van der Waals surface area (Å²) in [7, 11) is 0. The van der Waals surface area contributed by atoms with Crippen molar-refractivity contribution in [1.29, 1.82) is 0 Å². The smallest absolute Gasteiger partial charge is 0.125 e. The molecule has 0 aliphatic carbocycles. The second kappa shape index (κ2) is 4.73. The summed E-state index contributed by atoms with van der Waals surface area (Å²) in [5.74, 6) is 1.84. The molecule has 1 N–H and O–H groups in total. The lowest BCUT2D eigenvalue weighted by Crippen LogP contribution is -2.31. The van der Waals surface area contributed by atoms with Gasteiger partial charge in [-0.15, -0.1) is 0 Å². The van der Waals surface area contributed by atoms with Gasteiger partial charge in [0.2, 0.25) is 0 Å². The lowest BCUT2D eigenvalue weighted by atomic mass is 9.91.